The van der Waals surface area contributed by atoms with Crippen LogP contribution in [0.1, 0.15) is 13.8 Å². The Morgan fingerprint density at radius 1 is 1.55 bits per heavy atom. The summed E-state index contributed by atoms with van der Waals surface area (Å²) in [5, 5.41) is 17.2. The molecule has 0 spiro atoms. The van der Waals surface area contributed by atoms with Crippen molar-refractivity contribution in [3.05, 3.63) is 23.8 Å². The molecule has 0 heterocycles. The smallest absolute Gasteiger partial charge is 0.423 e. The molecule has 2 N–H and O–H groups in total. The minimum atomic E-state index is -1.49. The van der Waals surface area contributed by atoms with Gasteiger partial charge in [0.15, 0.2) is 0 Å². The molecule has 0 fully saturated rings. The number of rotatable bonds is 3. The van der Waals surface area contributed by atoms with Crippen molar-refractivity contribution in [2.75, 3.05) is 0 Å². The highest BCUT2D eigenvalue weighted by Gasteiger charge is 2.08. The lowest BCUT2D eigenvalue weighted by Gasteiger charge is -1.96. The van der Waals surface area contributed by atoms with E-state index in [0.29, 0.717) is 5.70 Å². The van der Waals surface area contributed by atoms with E-state index in [1.54, 1.807) is 20.1 Å². The van der Waals surface area contributed by atoms with Crippen molar-refractivity contribution >= 4 is 13.3 Å². The Labute approximate surface area is 66.9 Å². The average molecular weight is 153 g/mol. The van der Waals surface area contributed by atoms with Crippen LogP contribution in [0.5, 0.6) is 0 Å². The Morgan fingerprint density at radius 2 is 2.09 bits per heavy atom. The first-order valence-electron chi connectivity index (χ1n) is 3.30. The molecule has 3 nitrogen and oxygen atoms in total. The number of allylic oxidation sites excluding steroid dienone is 3. The molecule has 0 unspecified atom stereocenters. The van der Waals surface area contributed by atoms with Crippen LogP contribution in [0.25, 0.3) is 0 Å². The summed E-state index contributed by atoms with van der Waals surface area (Å²) in [4.78, 5) is 3.90. The van der Waals surface area contributed by atoms with Crippen LogP contribution < -0.4 is 0 Å². The summed E-state index contributed by atoms with van der Waals surface area (Å²) in [6, 6.07) is 0. The predicted molar refractivity (Wildman–Crippen MR) is 47.3 cm³/mol. The first-order chi connectivity index (χ1) is 5.07. The van der Waals surface area contributed by atoms with Crippen molar-refractivity contribution in [3.8, 4) is 0 Å². The number of hydrogen-bond donors (Lipinski definition) is 2. The number of nitrogens with zero attached hydrogens (tertiary/aromatic N) is 1. The molecule has 0 aromatic carbocycles. The summed E-state index contributed by atoms with van der Waals surface area (Å²) in [6.07, 6.45) is 3.15. The van der Waals surface area contributed by atoms with E-state index >= 15 is 0 Å². The predicted octanol–water partition coefficient (Wildman–Crippen LogP) is 0.549. The number of aliphatic imine (C=N–C) groups is 1. The lowest BCUT2D eigenvalue weighted by Crippen LogP contribution is -2.12. The van der Waals surface area contributed by atoms with E-state index in [-0.39, 0.29) is 5.47 Å². The molecular weight excluding hydrogens is 141 g/mol. The zero-order chi connectivity index (χ0) is 8.85. The Bertz CT molecular complexity index is 197. The van der Waals surface area contributed by atoms with E-state index in [4.69, 9.17) is 10.0 Å². The first kappa shape index (κ1) is 10.1. The average Bonchev–Trinajstić information content (AvgIpc) is 1.87. The molecule has 4 heteroatoms. The second-order valence-electron chi connectivity index (χ2n) is 2.12. The van der Waals surface area contributed by atoms with Crippen molar-refractivity contribution in [2.24, 2.45) is 4.99 Å². The Kier molecular flexibility index (Phi) is 4.49. The quantitative estimate of drug-likeness (QED) is 0.353. The zero-order valence-corrected chi connectivity index (χ0v) is 6.78. The van der Waals surface area contributed by atoms with Crippen LogP contribution in [0, 0.1) is 0 Å². The molecule has 0 aliphatic rings. The van der Waals surface area contributed by atoms with Crippen molar-refractivity contribution in [2.45, 2.75) is 13.8 Å². The zero-order valence-electron chi connectivity index (χ0n) is 6.78. The van der Waals surface area contributed by atoms with Crippen molar-refractivity contribution < 1.29 is 10.0 Å². The van der Waals surface area contributed by atoms with Crippen LogP contribution in [-0.2, 0) is 0 Å². The van der Waals surface area contributed by atoms with E-state index in [9.17, 15) is 0 Å². The van der Waals surface area contributed by atoms with Crippen LogP contribution in [0.3, 0.4) is 0 Å². The Balaban J connectivity index is 4.19. The fourth-order valence-corrected chi connectivity index (χ4v) is 0.584. The van der Waals surface area contributed by atoms with Gasteiger partial charge in [-0.1, -0.05) is 6.58 Å². The molecular formula is C7H12BNO2. The van der Waals surface area contributed by atoms with E-state index in [1.165, 1.54) is 6.08 Å². The molecule has 0 saturated heterocycles. The highest BCUT2D eigenvalue weighted by Crippen LogP contribution is 2.01. The summed E-state index contributed by atoms with van der Waals surface area (Å²) >= 11 is 0. The van der Waals surface area contributed by atoms with Gasteiger partial charge in [0.1, 0.15) is 0 Å². The summed E-state index contributed by atoms with van der Waals surface area (Å²) in [5.41, 5.74) is 0.943. The molecule has 11 heavy (non-hydrogen) atoms. The van der Waals surface area contributed by atoms with Crippen LogP contribution in [0.15, 0.2) is 28.8 Å². The lowest BCUT2D eigenvalue weighted by atomic mass is 9.80. The first-order valence-corrected chi connectivity index (χ1v) is 3.30. The van der Waals surface area contributed by atoms with Gasteiger partial charge in [-0.2, -0.15) is 0 Å². The van der Waals surface area contributed by atoms with E-state index in [0.717, 1.165) is 0 Å². The van der Waals surface area contributed by atoms with Gasteiger partial charge in [0.25, 0.3) is 0 Å². The van der Waals surface area contributed by atoms with Crippen molar-refractivity contribution in [1.29, 1.82) is 0 Å². The molecule has 0 aliphatic carbocycles. The fourth-order valence-electron chi connectivity index (χ4n) is 0.584. The van der Waals surface area contributed by atoms with Gasteiger partial charge < -0.3 is 10.0 Å². The molecule has 0 amide bonds. The fraction of sp³-hybridized carbons (Fsp3) is 0.286. The van der Waals surface area contributed by atoms with Gasteiger partial charge >= 0.3 is 7.12 Å². The maximum atomic E-state index is 8.60. The largest absolute Gasteiger partial charge is 0.487 e. The maximum Gasteiger partial charge on any atom is 0.487 e. The van der Waals surface area contributed by atoms with Gasteiger partial charge in [-0.15, -0.1) is 0 Å². The molecule has 0 saturated carbocycles. The van der Waals surface area contributed by atoms with Crippen molar-refractivity contribution in [3.63, 3.8) is 0 Å². The highest BCUT2D eigenvalue weighted by molar-refractivity contribution is 6.51. The molecule has 0 bridgehead atoms. The topological polar surface area (TPSA) is 52.8 Å². The Morgan fingerprint density at radius 3 is 2.45 bits per heavy atom. The van der Waals surface area contributed by atoms with Gasteiger partial charge in [0, 0.05) is 11.9 Å². The normalized spacial score (nSPS) is 12.2. The minimum absolute atomic E-state index is 0.244. The van der Waals surface area contributed by atoms with Crippen LogP contribution >= 0.6 is 0 Å². The second-order valence-corrected chi connectivity index (χ2v) is 2.12. The van der Waals surface area contributed by atoms with E-state index in [1.807, 2.05) is 0 Å². The van der Waals surface area contributed by atoms with Gasteiger partial charge in [0.2, 0.25) is 0 Å². The molecule has 0 rings (SSSR count). The monoisotopic (exact) mass is 153 g/mol. The summed E-state index contributed by atoms with van der Waals surface area (Å²) in [6.45, 7) is 6.97. The van der Waals surface area contributed by atoms with Gasteiger partial charge in [-0.25, -0.2) is 0 Å². The second kappa shape index (κ2) is 4.88. The molecule has 60 valence electrons. The number of hydrogen-bond acceptors (Lipinski definition) is 3. The Hall–Kier alpha value is -0.865. The third-order valence-electron chi connectivity index (χ3n) is 1.06. The molecule has 0 atom stereocenters. The third kappa shape index (κ3) is 4.53. The summed E-state index contributed by atoms with van der Waals surface area (Å²) in [7, 11) is -1.49. The van der Waals surface area contributed by atoms with Gasteiger partial charge in [-0.3, -0.25) is 4.99 Å². The van der Waals surface area contributed by atoms with Gasteiger partial charge in [0.05, 0.1) is 0 Å². The third-order valence-corrected chi connectivity index (χ3v) is 1.06. The molecule has 0 aliphatic heterocycles. The molecule has 0 aromatic rings. The van der Waals surface area contributed by atoms with Crippen LogP contribution in [0.4, 0.5) is 0 Å². The molecule has 0 aromatic heterocycles. The van der Waals surface area contributed by atoms with E-state index in [2.05, 4.69) is 11.6 Å². The van der Waals surface area contributed by atoms with Crippen LogP contribution in [-0.4, -0.2) is 23.4 Å². The SMILES string of the molecule is C=C(/C=C(/C)N=CC)B(O)O. The minimum Gasteiger partial charge on any atom is -0.423 e. The highest BCUT2D eigenvalue weighted by atomic mass is 16.4. The summed E-state index contributed by atoms with van der Waals surface area (Å²) in [5.74, 6) is 0. The molecule has 0 radical (unpaired) electrons. The maximum absolute atomic E-state index is 8.60. The standard InChI is InChI=1S/C7H12BNO2/c1-4-9-7(3)5-6(2)8(10)11/h4-5,10-11H,2H2,1,3H3/b7-5-,9-4?. The summed E-state index contributed by atoms with van der Waals surface area (Å²) < 4.78 is 0. The van der Waals surface area contributed by atoms with E-state index < -0.39 is 7.12 Å². The lowest BCUT2D eigenvalue weighted by molar-refractivity contribution is 0.421. The van der Waals surface area contributed by atoms with Crippen molar-refractivity contribution in [1.82, 2.24) is 0 Å². The van der Waals surface area contributed by atoms with Crippen LogP contribution in [0.2, 0.25) is 0 Å². The van der Waals surface area contributed by atoms with Gasteiger partial charge in [-0.05, 0) is 25.4 Å².